The second-order valence-corrected chi connectivity index (χ2v) is 3.53. The first-order valence-corrected chi connectivity index (χ1v) is 4.79. The molecule has 0 saturated heterocycles. The van der Waals surface area contributed by atoms with Gasteiger partial charge < -0.3 is 0 Å². The highest BCUT2D eigenvalue weighted by atomic mass is 35.5. The molecule has 0 aliphatic rings. The molecule has 76 valence electrons. The number of halogens is 2. The Labute approximate surface area is 91.8 Å². The number of nitrogens with zero attached hydrogens (tertiary/aromatic N) is 2. The van der Waals surface area contributed by atoms with Crippen LogP contribution in [0.25, 0.3) is 11.3 Å². The summed E-state index contributed by atoms with van der Waals surface area (Å²) in [6, 6.07) is 4.84. The van der Waals surface area contributed by atoms with Gasteiger partial charge in [0.1, 0.15) is 11.0 Å². The van der Waals surface area contributed by atoms with Crippen LogP contribution in [0.1, 0.15) is 5.56 Å². The first kappa shape index (κ1) is 10.1. The second kappa shape index (κ2) is 3.95. The van der Waals surface area contributed by atoms with Crippen molar-refractivity contribution in [3.8, 4) is 11.3 Å². The fourth-order valence-electron chi connectivity index (χ4n) is 1.36. The molecule has 0 amide bonds. The summed E-state index contributed by atoms with van der Waals surface area (Å²) in [5.74, 6) is -0.255. The van der Waals surface area contributed by atoms with E-state index in [0.717, 1.165) is 0 Å². The molecular formula is C11H8ClFN2. The van der Waals surface area contributed by atoms with E-state index in [1.165, 1.54) is 12.3 Å². The molecule has 0 aliphatic carbocycles. The van der Waals surface area contributed by atoms with Gasteiger partial charge in [0.15, 0.2) is 0 Å². The van der Waals surface area contributed by atoms with Crippen LogP contribution in [0, 0.1) is 12.7 Å². The molecule has 0 bridgehead atoms. The second-order valence-electron chi connectivity index (χ2n) is 3.14. The molecule has 1 heterocycles. The molecule has 0 unspecified atom stereocenters. The Kier molecular flexibility index (Phi) is 2.64. The summed E-state index contributed by atoms with van der Waals surface area (Å²) >= 11 is 5.72. The zero-order chi connectivity index (χ0) is 10.8. The van der Waals surface area contributed by atoms with Gasteiger partial charge in [-0.15, -0.1) is 0 Å². The van der Waals surface area contributed by atoms with Crippen LogP contribution in [0.5, 0.6) is 0 Å². The van der Waals surface area contributed by atoms with Crippen LogP contribution < -0.4 is 0 Å². The lowest BCUT2D eigenvalue weighted by Gasteiger charge is -2.05. The Bertz CT molecular complexity index is 500. The summed E-state index contributed by atoms with van der Waals surface area (Å²) in [4.78, 5) is 8.00. The molecule has 2 nitrogen and oxygen atoms in total. The van der Waals surface area contributed by atoms with Crippen molar-refractivity contribution in [2.24, 2.45) is 0 Å². The number of hydrogen-bond donors (Lipinski definition) is 0. The van der Waals surface area contributed by atoms with Crippen LogP contribution in [-0.2, 0) is 0 Å². The Balaban J connectivity index is 2.59. The van der Waals surface area contributed by atoms with E-state index in [9.17, 15) is 4.39 Å². The van der Waals surface area contributed by atoms with Crippen LogP contribution in [-0.4, -0.2) is 9.97 Å². The van der Waals surface area contributed by atoms with E-state index in [1.54, 1.807) is 25.3 Å². The maximum absolute atomic E-state index is 13.3. The fraction of sp³-hybridized carbons (Fsp3) is 0.0909. The number of aromatic nitrogens is 2. The van der Waals surface area contributed by atoms with Gasteiger partial charge in [-0.05, 0) is 18.6 Å². The third-order valence-corrected chi connectivity index (χ3v) is 2.33. The van der Waals surface area contributed by atoms with Gasteiger partial charge in [0.2, 0.25) is 0 Å². The third-order valence-electron chi connectivity index (χ3n) is 2.15. The van der Waals surface area contributed by atoms with Gasteiger partial charge >= 0.3 is 0 Å². The first-order valence-electron chi connectivity index (χ1n) is 4.41. The summed E-state index contributed by atoms with van der Waals surface area (Å²) in [6.45, 7) is 1.70. The SMILES string of the molecule is Cc1c(F)cccc1-c1cncc(Cl)n1. The van der Waals surface area contributed by atoms with Crippen molar-refractivity contribution in [1.82, 2.24) is 9.97 Å². The molecule has 0 radical (unpaired) electrons. The van der Waals surface area contributed by atoms with E-state index in [-0.39, 0.29) is 5.82 Å². The zero-order valence-corrected chi connectivity index (χ0v) is 8.79. The average Bonchev–Trinajstić information content (AvgIpc) is 2.22. The highest BCUT2D eigenvalue weighted by Gasteiger charge is 2.07. The lowest BCUT2D eigenvalue weighted by Crippen LogP contribution is -1.91. The zero-order valence-electron chi connectivity index (χ0n) is 8.04. The number of hydrogen-bond acceptors (Lipinski definition) is 2. The maximum Gasteiger partial charge on any atom is 0.148 e. The van der Waals surface area contributed by atoms with Gasteiger partial charge in [0.25, 0.3) is 0 Å². The van der Waals surface area contributed by atoms with Crippen molar-refractivity contribution in [3.05, 3.63) is 47.1 Å². The topological polar surface area (TPSA) is 25.8 Å². The van der Waals surface area contributed by atoms with E-state index in [1.807, 2.05) is 0 Å². The van der Waals surface area contributed by atoms with E-state index in [4.69, 9.17) is 11.6 Å². The van der Waals surface area contributed by atoms with Gasteiger partial charge in [-0.1, -0.05) is 23.7 Å². The Morgan fingerprint density at radius 3 is 2.80 bits per heavy atom. The molecule has 15 heavy (non-hydrogen) atoms. The quantitative estimate of drug-likeness (QED) is 0.740. The van der Waals surface area contributed by atoms with Crippen molar-refractivity contribution in [3.63, 3.8) is 0 Å². The van der Waals surface area contributed by atoms with Gasteiger partial charge in [0, 0.05) is 5.56 Å². The monoisotopic (exact) mass is 222 g/mol. The lowest BCUT2D eigenvalue weighted by atomic mass is 10.1. The van der Waals surface area contributed by atoms with E-state index < -0.39 is 0 Å². The van der Waals surface area contributed by atoms with Crippen molar-refractivity contribution in [2.45, 2.75) is 6.92 Å². The number of benzene rings is 1. The summed E-state index contributed by atoms with van der Waals surface area (Å²) in [7, 11) is 0. The van der Waals surface area contributed by atoms with Crippen LogP contribution in [0.3, 0.4) is 0 Å². The van der Waals surface area contributed by atoms with Gasteiger partial charge in [-0.2, -0.15) is 0 Å². The molecule has 1 aromatic heterocycles. The molecule has 0 aliphatic heterocycles. The molecule has 0 spiro atoms. The van der Waals surface area contributed by atoms with Gasteiger partial charge in [-0.3, -0.25) is 4.98 Å². The van der Waals surface area contributed by atoms with Crippen molar-refractivity contribution < 1.29 is 4.39 Å². The number of rotatable bonds is 1. The van der Waals surface area contributed by atoms with E-state index in [0.29, 0.717) is 22.0 Å². The van der Waals surface area contributed by atoms with E-state index >= 15 is 0 Å². The fourth-order valence-corrected chi connectivity index (χ4v) is 1.50. The maximum atomic E-state index is 13.3. The Hall–Kier alpha value is -1.48. The predicted molar refractivity (Wildman–Crippen MR) is 57.2 cm³/mol. The summed E-state index contributed by atoms with van der Waals surface area (Å²) in [5, 5.41) is 0.302. The van der Waals surface area contributed by atoms with Crippen molar-refractivity contribution in [1.29, 1.82) is 0 Å². The average molecular weight is 223 g/mol. The molecule has 0 atom stereocenters. The lowest BCUT2D eigenvalue weighted by molar-refractivity contribution is 0.619. The highest BCUT2D eigenvalue weighted by molar-refractivity contribution is 6.29. The molecule has 2 rings (SSSR count). The van der Waals surface area contributed by atoms with Crippen molar-refractivity contribution in [2.75, 3.05) is 0 Å². The molecular weight excluding hydrogens is 215 g/mol. The van der Waals surface area contributed by atoms with Crippen LogP contribution >= 0.6 is 11.6 Å². The first-order chi connectivity index (χ1) is 7.18. The minimum Gasteiger partial charge on any atom is -0.259 e. The smallest absolute Gasteiger partial charge is 0.148 e. The van der Waals surface area contributed by atoms with Crippen LogP contribution in [0.2, 0.25) is 5.15 Å². The highest BCUT2D eigenvalue weighted by Crippen LogP contribution is 2.23. The molecule has 0 N–H and O–H groups in total. The van der Waals surface area contributed by atoms with E-state index in [2.05, 4.69) is 9.97 Å². The third kappa shape index (κ3) is 1.97. The predicted octanol–water partition coefficient (Wildman–Crippen LogP) is 3.24. The van der Waals surface area contributed by atoms with Gasteiger partial charge in [0.05, 0.1) is 18.1 Å². The Morgan fingerprint density at radius 1 is 1.27 bits per heavy atom. The largest absolute Gasteiger partial charge is 0.259 e. The molecule has 2 aromatic rings. The molecule has 1 aromatic carbocycles. The van der Waals surface area contributed by atoms with Crippen molar-refractivity contribution >= 4 is 11.6 Å². The summed E-state index contributed by atoms with van der Waals surface area (Å²) in [6.07, 6.45) is 3.01. The summed E-state index contributed by atoms with van der Waals surface area (Å²) < 4.78 is 13.3. The molecule has 0 fully saturated rings. The van der Waals surface area contributed by atoms with Crippen LogP contribution in [0.15, 0.2) is 30.6 Å². The molecule has 0 saturated carbocycles. The van der Waals surface area contributed by atoms with Crippen LogP contribution in [0.4, 0.5) is 4.39 Å². The standard InChI is InChI=1S/C11H8ClFN2/c1-7-8(3-2-4-9(7)13)10-5-14-6-11(12)15-10/h2-6H,1H3. The minimum atomic E-state index is -0.255. The minimum absolute atomic E-state index is 0.255. The summed E-state index contributed by atoms with van der Waals surface area (Å²) in [5.41, 5.74) is 1.85. The molecule has 4 heteroatoms. The normalized spacial score (nSPS) is 10.3. The Morgan fingerprint density at radius 2 is 2.07 bits per heavy atom. The van der Waals surface area contributed by atoms with Gasteiger partial charge in [-0.25, -0.2) is 9.37 Å².